The summed E-state index contributed by atoms with van der Waals surface area (Å²) in [7, 11) is 26.0. The van der Waals surface area contributed by atoms with Crippen LogP contribution >= 0.6 is 0 Å². The fourth-order valence-electron chi connectivity index (χ4n) is 13.2. The van der Waals surface area contributed by atoms with Crippen molar-refractivity contribution in [1.29, 1.82) is 0 Å². The van der Waals surface area contributed by atoms with Crippen molar-refractivity contribution < 1.29 is 14.6 Å². The number of aliphatic hydroxyl groups is 1. The minimum Gasteiger partial charge on any atom is -0.388 e. The molecule has 87 heavy (non-hydrogen) atoms. The first-order valence-electron chi connectivity index (χ1n) is 34.9. The molecular formula is C65H141N19O3. The molecule has 12 N–H and O–H groups in total. The van der Waals surface area contributed by atoms with E-state index in [0.29, 0.717) is 24.3 Å². The lowest BCUT2D eigenvalue weighted by Crippen LogP contribution is -2.57. The molecule has 514 valence electrons. The van der Waals surface area contributed by atoms with Gasteiger partial charge in [0.15, 0.2) is 0 Å². The Hall–Kier alpha value is -0.880. The molecule has 8 bridgehead atoms. The maximum atomic E-state index is 8.85. The first kappa shape index (κ1) is 76.8. The van der Waals surface area contributed by atoms with E-state index in [1.54, 1.807) is 0 Å². The summed E-state index contributed by atoms with van der Waals surface area (Å²) in [4.78, 5) is 18.9. The van der Waals surface area contributed by atoms with E-state index in [4.69, 9.17) is 14.6 Å². The van der Waals surface area contributed by atoms with Crippen molar-refractivity contribution in [3.8, 4) is 0 Å². The fourth-order valence-corrected chi connectivity index (χ4v) is 13.2. The number of piperidine rings is 2. The average molecular weight is 1240 g/mol. The maximum absolute atomic E-state index is 8.85. The molecule has 0 unspecified atom stereocenters. The highest BCUT2D eigenvalue weighted by Crippen LogP contribution is 2.22. The van der Waals surface area contributed by atoms with Crippen LogP contribution in [-0.4, -0.2) is 377 Å². The average Bonchev–Trinajstić information content (AvgIpc) is 2.81. The van der Waals surface area contributed by atoms with E-state index in [1.165, 1.54) is 175 Å². The third kappa shape index (κ3) is 31.3. The van der Waals surface area contributed by atoms with Gasteiger partial charge in [0.25, 0.3) is 0 Å². The second kappa shape index (κ2) is 42.4. The third-order valence-corrected chi connectivity index (χ3v) is 20.3. The summed E-state index contributed by atoms with van der Waals surface area (Å²) in [5, 5.41) is 45.2. The molecule has 15 saturated heterocycles. The van der Waals surface area contributed by atoms with Crippen LogP contribution in [0, 0.1) is 5.92 Å². The van der Waals surface area contributed by atoms with Gasteiger partial charge in [-0.3, -0.25) is 0 Å². The summed E-state index contributed by atoms with van der Waals surface area (Å²) >= 11 is 0. The van der Waals surface area contributed by atoms with E-state index in [-0.39, 0.29) is 5.60 Å². The van der Waals surface area contributed by atoms with Crippen molar-refractivity contribution in [3.05, 3.63) is 0 Å². The zero-order valence-corrected chi connectivity index (χ0v) is 58.7. The van der Waals surface area contributed by atoms with Crippen molar-refractivity contribution in [1.82, 2.24) is 97.7 Å². The molecule has 22 nitrogen and oxygen atoms in total. The number of hydrogen-bond acceptors (Lipinski definition) is 22. The molecule has 15 aliphatic heterocycles. The highest BCUT2D eigenvalue weighted by molar-refractivity contribution is 4.97. The van der Waals surface area contributed by atoms with Crippen LogP contribution < -0.4 is 58.5 Å². The second-order valence-corrected chi connectivity index (χ2v) is 29.3. The van der Waals surface area contributed by atoms with E-state index in [9.17, 15) is 0 Å². The summed E-state index contributed by atoms with van der Waals surface area (Å²) in [5.74, 6) is 0.954. The molecule has 15 heterocycles. The minimum absolute atomic E-state index is 0.389. The van der Waals surface area contributed by atoms with Gasteiger partial charge in [0, 0.05) is 165 Å². The number of ether oxygens (including phenoxy) is 2. The summed E-state index contributed by atoms with van der Waals surface area (Å²) in [6, 6.07) is 8.70. The summed E-state index contributed by atoms with van der Waals surface area (Å²) in [6.07, 6.45) is 14.3. The molecular weight excluding hydrogens is 1090 g/mol. The molecule has 0 aromatic heterocycles. The van der Waals surface area contributed by atoms with Crippen LogP contribution in [0.5, 0.6) is 0 Å². The zero-order valence-electron chi connectivity index (χ0n) is 58.7. The number of hydrogen-bond donors (Lipinski definition) is 12. The van der Waals surface area contributed by atoms with Gasteiger partial charge >= 0.3 is 0 Å². The topological polar surface area (TPSA) is 197 Å². The number of likely N-dealkylation sites (N-methyl/N-ethyl adjacent to an activating group) is 7. The number of piperazine rings is 3. The number of β-amino-alcohol motifs (C(OH)–C–C–N with tert-alkyl or cyclic N) is 1. The largest absolute Gasteiger partial charge is 0.388 e. The zero-order chi connectivity index (χ0) is 63.1. The van der Waals surface area contributed by atoms with Crippen LogP contribution in [-0.2, 0) is 9.47 Å². The molecule has 0 radical (unpaired) electrons. The van der Waals surface area contributed by atoms with Crippen LogP contribution in [0.25, 0.3) is 0 Å². The van der Waals surface area contributed by atoms with Gasteiger partial charge in [-0.2, -0.15) is 0 Å². The molecule has 0 aromatic carbocycles. The van der Waals surface area contributed by atoms with Crippen molar-refractivity contribution in [2.45, 2.75) is 169 Å². The minimum atomic E-state index is -0.389. The molecule has 0 saturated carbocycles. The molecule has 0 spiro atoms. The third-order valence-electron chi connectivity index (χ3n) is 20.3. The lowest BCUT2D eigenvalue weighted by molar-refractivity contribution is 0.00877. The van der Waals surface area contributed by atoms with E-state index in [1.807, 2.05) is 6.92 Å². The van der Waals surface area contributed by atoms with Crippen LogP contribution in [0.2, 0.25) is 0 Å². The molecule has 0 aliphatic carbocycles. The predicted molar refractivity (Wildman–Crippen MR) is 365 cm³/mol. The Morgan fingerprint density at radius 3 is 1.02 bits per heavy atom. The lowest BCUT2D eigenvalue weighted by Gasteiger charge is -2.33. The van der Waals surface area contributed by atoms with Gasteiger partial charge in [0.05, 0.1) is 31.0 Å². The van der Waals surface area contributed by atoms with Gasteiger partial charge in [-0.25, -0.2) is 0 Å². The maximum Gasteiger partial charge on any atom is 0.0867 e. The van der Waals surface area contributed by atoms with Crippen molar-refractivity contribution >= 4 is 0 Å². The molecule has 0 aromatic rings. The Bertz CT molecular complexity index is 1580. The number of fused-ring (bicyclic) bond motifs is 8. The summed E-state index contributed by atoms with van der Waals surface area (Å²) in [5.41, 5.74) is -0.389. The summed E-state index contributed by atoms with van der Waals surface area (Å²) < 4.78 is 10.6. The van der Waals surface area contributed by atoms with Gasteiger partial charge in [-0.15, -0.1) is 0 Å². The van der Waals surface area contributed by atoms with Crippen LogP contribution in [0.3, 0.4) is 0 Å². The van der Waals surface area contributed by atoms with Crippen molar-refractivity contribution in [2.24, 2.45) is 5.92 Å². The molecule has 0 amide bonds. The number of nitrogens with zero attached hydrogens (tertiary/aromatic N) is 8. The van der Waals surface area contributed by atoms with Crippen LogP contribution in [0.15, 0.2) is 0 Å². The van der Waals surface area contributed by atoms with E-state index in [2.05, 4.69) is 196 Å². The van der Waals surface area contributed by atoms with E-state index >= 15 is 0 Å². The van der Waals surface area contributed by atoms with Gasteiger partial charge < -0.3 is 112 Å². The van der Waals surface area contributed by atoms with Gasteiger partial charge in [-0.1, -0.05) is 6.92 Å². The Kier molecular flexibility index (Phi) is 37.5. The second-order valence-electron chi connectivity index (χ2n) is 29.3. The van der Waals surface area contributed by atoms with Crippen LogP contribution in [0.1, 0.15) is 85.0 Å². The standard InChI is InChI=1S/C10H23N3.C7H16N2.2C6H12N2.3C6H14N2.2C5H9NO.C4H9NO.C4H9N/c1-12(2)8-9-13(3)10-4-6-11-7-5-10;1-9(2)7-3-5-8-6-4-7;2*1-8-4-5-2-6(8)3-7-5;2*1-8(2)6-3-4-7-5-6;1-6-5-7-3-4-8(6)2;2*1-4-3-7-5(1)2-6-4;1-4(6)2-5-3-4;1-4-2-5-3-4/h10-11H,4-9H2,1-3H3;7-8H,3-6H2,1-2H3;2*5-7H,2-4H2,1H3;3*6-7H,3-5H2,1-2H3;2*4-6H,1-3H2;5-6H,2-3H2,1H3;4-5H,2-3H2,1H3/t;;2*5-,6-;3*6-;2*4-,5-;;/m..1010110../s1. The molecule has 22 heteroatoms. The normalized spacial score (nSPS) is 33.6. The van der Waals surface area contributed by atoms with Crippen molar-refractivity contribution in [3.63, 3.8) is 0 Å². The molecule has 15 aliphatic rings. The smallest absolute Gasteiger partial charge is 0.0867 e. The first-order valence-corrected chi connectivity index (χ1v) is 34.9. The van der Waals surface area contributed by atoms with Crippen LogP contribution in [0.4, 0.5) is 0 Å². The molecule has 15 fully saturated rings. The SMILES string of the molecule is C1O[C@@H]2CN[C@H]1C2.C1O[C@H]2CN[C@@H]1C2.CC1(O)CNC1.CC1CNC1.CN(C)C1CCNCC1.CN(C)CCN(C)C1CCNCC1.CN(C)[C@@H]1CCNC1.CN(C)[C@H]1CCNC1.CN1C[C@@H]2C[C@H]1CN2.CN1C[C@H]2C[C@@H]1CN2.C[C@@H]1CNCCN1C. The number of morpholine rings is 2. The Balaban J connectivity index is 0.000000176. The quantitative estimate of drug-likeness (QED) is 0.143. The lowest BCUT2D eigenvalue weighted by atomic mass is 10.0. The highest BCUT2D eigenvalue weighted by Gasteiger charge is 2.36. The molecule has 11 atom stereocenters. The molecule has 15 rings (SSSR count). The number of rotatable bonds is 7. The van der Waals surface area contributed by atoms with Gasteiger partial charge in [-0.05, 0) is 221 Å². The Labute approximate surface area is 533 Å². The fraction of sp³-hybridized carbons (Fsp3) is 1.00. The van der Waals surface area contributed by atoms with Gasteiger partial charge in [0.2, 0.25) is 0 Å². The number of likely N-dealkylation sites (tertiary alicyclic amines) is 2. The Morgan fingerprint density at radius 1 is 0.437 bits per heavy atom. The Morgan fingerprint density at radius 2 is 0.839 bits per heavy atom. The highest BCUT2D eigenvalue weighted by atomic mass is 16.5. The van der Waals surface area contributed by atoms with E-state index < -0.39 is 0 Å². The van der Waals surface area contributed by atoms with Gasteiger partial charge in [0.1, 0.15) is 0 Å². The monoisotopic (exact) mass is 1240 g/mol. The van der Waals surface area contributed by atoms with E-state index in [0.717, 1.165) is 113 Å². The predicted octanol–water partition coefficient (Wildman–Crippen LogP) is -1.35. The first-order chi connectivity index (χ1) is 41.6. The summed E-state index contributed by atoms with van der Waals surface area (Å²) in [6.45, 7) is 34.7. The number of nitrogens with one attached hydrogen (secondary N) is 11. The van der Waals surface area contributed by atoms with Crippen molar-refractivity contribution in [2.75, 3.05) is 248 Å².